The first-order chi connectivity index (χ1) is 11.5. The highest BCUT2D eigenvalue weighted by atomic mass is 35.5. The molecule has 1 heterocycles. The number of hydrogen-bond donors (Lipinski definition) is 1. The van der Waals surface area contributed by atoms with Gasteiger partial charge in [-0.1, -0.05) is 29.8 Å². The van der Waals surface area contributed by atoms with E-state index in [1.165, 1.54) is 16.4 Å². The molecular formula is C17H17ClN2O3S. The minimum absolute atomic E-state index is 0.0249. The molecule has 0 atom stereocenters. The van der Waals surface area contributed by atoms with Crippen LogP contribution in [0.2, 0.25) is 5.02 Å². The molecule has 126 valence electrons. The lowest BCUT2D eigenvalue weighted by atomic mass is 10.2. The SMILES string of the molecule is O=C(Nc1ccc(Cl)c(S(=O)(=O)N2CCCC2)c1)c1ccccc1. The molecule has 0 spiro atoms. The number of rotatable bonds is 4. The van der Waals surface area contributed by atoms with Crippen LogP contribution < -0.4 is 5.32 Å². The van der Waals surface area contributed by atoms with Crippen molar-refractivity contribution in [2.75, 3.05) is 18.4 Å². The van der Waals surface area contributed by atoms with Crippen molar-refractivity contribution in [1.29, 1.82) is 0 Å². The highest BCUT2D eigenvalue weighted by Gasteiger charge is 2.29. The number of carbonyl (C=O) groups excluding carboxylic acids is 1. The van der Waals surface area contributed by atoms with Gasteiger partial charge in [-0.25, -0.2) is 8.42 Å². The average molecular weight is 365 g/mol. The van der Waals surface area contributed by atoms with E-state index in [4.69, 9.17) is 11.6 Å². The van der Waals surface area contributed by atoms with Crippen LogP contribution in [0.1, 0.15) is 23.2 Å². The summed E-state index contributed by atoms with van der Waals surface area (Å²) in [6, 6.07) is 13.2. The third-order valence-electron chi connectivity index (χ3n) is 3.91. The molecule has 0 radical (unpaired) electrons. The van der Waals surface area contributed by atoms with Gasteiger partial charge in [0.1, 0.15) is 4.90 Å². The van der Waals surface area contributed by atoms with E-state index >= 15 is 0 Å². The van der Waals surface area contributed by atoms with Gasteiger partial charge in [0.25, 0.3) is 5.91 Å². The second-order valence-electron chi connectivity index (χ2n) is 5.58. The Bertz CT molecular complexity index is 847. The lowest BCUT2D eigenvalue weighted by molar-refractivity contribution is 0.102. The van der Waals surface area contributed by atoms with Gasteiger partial charge < -0.3 is 5.32 Å². The van der Waals surface area contributed by atoms with Crippen molar-refractivity contribution in [2.24, 2.45) is 0 Å². The van der Waals surface area contributed by atoms with E-state index < -0.39 is 10.0 Å². The number of halogens is 1. The van der Waals surface area contributed by atoms with Crippen molar-refractivity contribution in [1.82, 2.24) is 4.31 Å². The summed E-state index contributed by atoms with van der Waals surface area (Å²) in [5, 5.41) is 2.86. The third kappa shape index (κ3) is 3.45. The van der Waals surface area contributed by atoms with Gasteiger partial charge in [-0.2, -0.15) is 4.31 Å². The Kier molecular flexibility index (Phi) is 4.89. The fourth-order valence-electron chi connectivity index (χ4n) is 2.64. The summed E-state index contributed by atoms with van der Waals surface area (Å²) >= 11 is 6.09. The Balaban J connectivity index is 1.88. The summed E-state index contributed by atoms with van der Waals surface area (Å²) in [5.41, 5.74) is 0.891. The van der Waals surface area contributed by atoms with Crippen LogP contribution >= 0.6 is 11.6 Å². The van der Waals surface area contributed by atoms with Crippen molar-refractivity contribution in [3.8, 4) is 0 Å². The Labute approximate surface area is 146 Å². The van der Waals surface area contributed by atoms with Gasteiger partial charge >= 0.3 is 0 Å². The van der Waals surface area contributed by atoms with Gasteiger partial charge in [-0.15, -0.1) is 0 Å². The maximum Gasteiger partial charge on any atom is 0.255 e. The van der Waals surface area contributed by atoms with Crippen LogP contribution in [0.5, 0.6) is 0 Å². The number of sulfonamides is 1. The lowest BCUT2D eigenvalue weighted by Gasteiger charge is -2.17. The zero-order valence-electron chi connectivity index (χ0n) is 12.9. The van der Waals surface area contributed by atoms with Crippen LogP contribution in [0.3, 0.4) is 0 Å². The van der Waals surface area contributed by atoms with Crippen molar-refractivity contribution >= 4 is 33.2 Å². The normalized spacial score (nSPS) is 15.4. The van der Waals surface area contributed by atoms with Gasteiger partial charge in [0.15, 0.2) is 0 Å². The van der Waals surface area contributed by atoms with Crippen LogP contribution in [0, 0.1) is 0 Å². The molecule has 0 bridgehead atoms. The van der Waals surface area contributed by atoms with Crippen LogP contribution in [-0.2, 0) is 10.0 Å². The Morgan fingerprint density at radius 1 is 1.04 bits per heavy atom. The summed E-state index contributed by atoms with van der Waals surface area (Å²) in [7, 11) is -3.64. The predicted octanol–water partition coefficient (Wildman–Crippen LogP) is 3.38. The molecule has 2 aromatic rings. The molecule has 3 rings (SSSR count). The average Bonchev–Trinajstić information content (AvgIpc) is 3.12. The molecule has 7 heteroatoms. The van der Waals surface area contributed by atoms with Crippen LogP contribution in [-0.4, -0.2) is 31.7 Å². The molecule has 1 aliphatic rings. The summed E-state index contributed by atoms with van der Waals surface area (Å²) in [6.07, 6.45) is 1.70. The molecule has 1 fully saturated rings. The molecule has 0 unspecified atom stereocenters. The lowest BCUT2D eigenvalue weighted by Crippen LogP contribution is -2.28. The molecule has 5 nitrogen and oxygen atoms in total. The van der Waals surface area contributed by atoms with E-state index in [0.29, 0.717) is 24.3 Å². The van der Waals surface area contributed by atoms with E-state index in [-0.39, 0.29) is 15.8 Å². The summed E-state index contributed by atoms with van der Waals surface area (Å²) in [5.74, 6) is -0.303. The maximum atomic E-state index is 12.7. The molecule has 0 aliphatic carbocycles. The van der Waals surface area contributed by atoms with Gasteiger partial charge in [0.05, 0.1) is 5.02 Å². The highest BCUT2D eigenvalue weighted by Crippen LogP contribution is 2.29. The minimum atomic E-state index is -3.64. The van der Waals surface area contributed by atoms with Crippen LogP contribution in [0.4, 0.5) is 5.69 Å². The predicted molar refractivity (Wildman–Crippen MR) is 93.8 cm³/mol. The van der Waals surface area contributed by atoms with E-state index in [1.807, 2.05) is 6.07 Å². The molecule has 2 aromatic carbocycles. The fourth-order valence-corrected chi connectivity index (χ4v) is 4.66. The standard InChI is InChI=1S/C17H17ClN2O3S/c18-15-9-8-14(19-17(21)13-6-2-1-3-7-13)12-16(15)24(22,23)20-10-4-5-11-20/h1-3,6-9,12H,4-5,10-11H2,(H,19,21). The Hall–Kier alpha value is -1.89. The van der Waals surface area contributed by atoms with Crippen molar-refractivity contribution in [2.45, 2.75) is 17.7 Å². The first kappa shape index (κ1) is 17.0. The zero-order chi connectivity index (χ0) is 17.2. The second kappa shape index (κ2) is 6.93. The summed E-state index contributed by atoms with van der Waals surface area (Å²) in [4.78, 5) is 12.2. The second-order valence-corrected chi connectivity index (χ2v) is 7.89. The molecule has 1 amide bonds. The number of amides is 1. The summed E-state index contributed by atoms with van der Waals surface area (Å²) < 4.78 is 26.8. The number of hydrogen-bond acceptors (Lipinski definition) is 3. The first-order valence-electron chi connectivity index (χ1n) is 7.64. The smallest absolute Gasteiger partial charge is 0.255 e. The largest absolute Gasteiger partial charge is 0.322 e. The van der Waals surface area contributed by atoms with Gasteiger partial charge in [-0.3, -0.25) is 4.79 Å². The van der Waals surface area contributed by atoms with E-state index in [1.54, 1.807) is 30.3 Å². The number of nitrogens with zero attached hydrogens (tertiary/aromatic N) is 1. The van der Waals surface area contributed by atoms with E-state index in [2.05, 4.69) is 5.32 Å². The van der Waals surface area contributed by atoms with Gasteiger partial charge in [-0.05, 0) is 43.2 Å². The molecule has 1 N–H and O–H groups in total. The molecule has 24 heavy (non-hydrogen) atoms. The van der Waals surface area contributed by atoms with E-state index in [0.717, 1.165) is 12.8 Å². The maximum absolute atomic E-state index is 12.7. The van der Waals surface area contributed by atoms with Crippen LogP contribution in [0.15, 0.2) is 53.4 Å². The zero-order valence-corrected chi connectivity index (χ0v) is 14.5. The number of nitrogens with one attached hydrogen (secondary N) is 1. The monoisotopic (exact) mass is 364 g/mol. The topological polar surface area (TPSA) is 66.5 Å². The number of carbonyl (C=O) groups is 1. The fraction of sp³-hybridized carbons (Fsp3) is 0.235. The molecule has 1 saturated heterocycles. The van der Waals surface area contributed by atoms with Crippen LogP contribution in [0.25, 0.3) is 0 Å². The quantitative estimate of drug-likeness (QED) is 0.904. The molecule has 1 aliphatic heterocycles. The molecule has 0 saturated carbocycles. The number of anilines is 1. The van der Waals surface area contributed by atoms with Crippen molar-refractivity contribution in [3.63, 3.8) is 0 Å². The van der Waals surface area contributed by atoms with Crippen molar-refractivity contribution < 1.29 is 13.2 Å². The third-order valence-corrected chi connectivity index (χ3v) is 6.29. The molecular weight excluding hydrogens is 348 g/mol. The van der Waals surface area contributed by atoms with E-state index in [9.17, 15) is 13.2 Å². The molecule has 0 aromatic heterocycles. The first-order valence-corrected chi connectivity index (χ1v) is 9.46. The summed E-state index contributed by atoms with van der Waals surface area (Å²) in [6.45, 7) is 0.999. The van der Waals surface area contributed by atoms with Gasteiger partial charge in [0, 0.05) is 24.3 Å². The highest BCUT2D eigenvalue weighted by molar-refractivity contribution is 7.89. The minimum Gasteiger partial charge on any atom is -0.322 e. The Morgan fingerprint density at radius 2 is 1.71 bits per heavy atom. The van der Waals surface area contributed by atoms with Gasteiger partial charge in [0.2, 0.25) is 10.0 Å². The van der Waals surface area contributed by atoms with Crippen molar-refractivity contribution in [3.05, 3.63) is 59.1 Å². The Morgan fingerprint density at radius 3 is 2.38 bits per heavy atom. The number of benzene rings is 2.